The molecule has 0 saturated carbocycles. The van der Waals surface area contributed by atoms with Crippen LogP contribution in [0.15, 0.2) is 29.3 Å². The van der Waals surface area contributed by atoms with Crippen LogP contribution in [0.3, 0.4) is 0 Å². The van der Waals surface area contributed by atoms with Crippen molar-refractivity contribution in [2.75, 3.05) is 0 Å². The third kappa shape index (κ3) is 2.27. The summed E-state index contributed by atoms with van der Waals surface area (Å²) in [4.78, 5) is 13.6. The molecule has 0 aliphatic carbocycles. The van der Waals surface area contributed by atoms with E-state index < -0.39 is 0 Å². The normalized spacial score (nSPS) is 10.6. The summed E-state index contributed by atoms with van der Waals surface area (Å²) in [5, 5.41) is 4.09. The molecule has 16 heavy (non-hydrogen) atoms. The quantitative estimate of drug-likeness (QED) is 0.805. The van der Waals surface area contributed by atoms with Crippen LogP contribution < -0.4 is 5.56 Å². The Kier molecular flexibility index (Phi) is 3.00. The van der Waals surface area contributed by atoms with Gasteiger partial charge in [-0.1, -0.05) is 0 Å². The number of hydrogen-bond acceptors (Lipinski definition) is 3. The average Bonchev–Trinajstić information content (AvgIpc) is 2.63. The maximum absolute atomic E-state index is 11.0. The van der Waals surface area contributed by atoms with E-state index >= 15 is 0 Å². The molecule has 1 N–H and O–H groups in total. The van der Waals surface area contributed by atoms with Gasteiger partial charge in [-0.25, -0.2) is 0 Å². The fourth-order valence-corrected chi connectivity index (χ4v) is 1.75. The molecule has 0 saturated heterocycles. The van der Waals surface area contributed by atoms with E-state index in [1.54, 1.807) is 12.4 Å². The van der Waals surface area contributed by atoms with Gasteiger partial charge in [0.05, 0.1) is 0 Å². The Morgan fingerprint density at radius 2 is 2.31 bits per heavy atom. The summed E-state index contributed by atoms with van der Waals surface area (Å²) in [7, 11) is 1.90. The van der Waals surface area contributed by atoms with E-state index in [9.17, 15) is 4.79 Å². The average molecular weight is 236 g/mol. The van der Waals surface area contributed by atoms with Crippen LogP contribution in [-0.2, 0) is 20.0 Å². The minimum Gasteiger partial charge on any atom is -0.325 e. The van der Waals surface area contributed by atoms with E-state index in [0.717, 1.165) is 18.7 Å². The Hall–Kier alpha value is -1.69. The van der Waals surface area contributed by atoms with E-state index in [4.69, 9.17) is 12.2 Å². The number of aromatic amines is 1. The summed E-state index contributed by atoms with van der Waals surface area (Å²) in [6.07, 6.45) is 4.30. The third-order valence-corrected chi connectivity index (χ3v) is 2.76. The van der Waals surface area contributed by atoms with Crippen molar-refractivity contribution in [3.63, 3.8) is 0 Å². The van der Waals surface area contributed by atoms with Crippen LogP contribution in [0, 0.1) is 4.77 Å². The predicted octanol–water partition coefficient (Wildman–Crippen LogP) is 0.882. The van der Waals surface area contributed by atoms with Gasteiger partial charge in [-0.05, 0) is 18.3 Å². The summed E-state index contributed by atoms with van der Waals surface area (Å²) < 4.78 is 4.12. The topological polar surface area (TPSA) is 55.6 Å². The van der Waals surface area contributed by atoms with Crippen molar-refractivity contribution in [2.45, 2.75) is 13.0 Å². The van der Waals surface area contributed by atoms with Gasteiger partial charge in [-0.2, -0.15) is 5.10 Å². The Morgan fingerprint density at radius 1 is 1.50 bits per heavy atom. The molecule has 6 heteroatoms. The minimum absolute atomic E-state index is 0.165. The van der Waals surface area contributed by atoms with Crippen LogP contribution in [0.25, 0.3) is 0 Å². The van der Waals surface area contributed by atoms with Crippen LogP contribution in [0.4, 0.5) is 0 Å². The highest BCUT2D eigenvalue weighted by atomic mass is 32.1. The first-order valence-corrected chi connectivity index (χ1v) is 5.34. The lowest BCUT2D eigenvalue weighted by atomic mass is 10.3. The first-order valence-electron chi connectivity index (χ1n) is 4.93. The largest absolute Gasteiger partial charge is 0.325 e. The standard InChI is InChI=1S/C10H12N4OS/c1-13-8(2-5-11-13)3-6-14-7-4-9(15)12-10(14)16/h2,4-5,7H,3,6H2,1H3,(H,12,15,16). The minimum atomic E-state index is -0.165. The first kappa shape index (κ1) is 10.8. The lowest BCUT2D eigenvalue weighted by Gasteiger charge is -2.05. The molecule has 0 amide bonds. The van der Waals surface area contributed by atoms with Crippen LogP contribution in [0.2, 0.25) is 0 Å². The Balaban J connectivity index is 2.14. The van der Waals surface area contributed by atoms with Gasteiger partial charge in [0, 0.05) is 44.2 Å². The number of hydrogen-bond donors (Lipinski definition) is 1. The van der Waals surface area contributed by atoms with Crippen molar-refractivity contribution in [1.29, 1.82) is 0 Å². The van der Waals surface area contributed by atoms with E-state index in [-0.39, 0.29) is 5.56 Å². The van der Waals surface area contributed by atoms with Crippen molar-refractivity contribution in [1.82, 2.24) is 19.3 Å². The second kappa shape index (κ2) is 4.44. The van der Waals surface area contributed by atoms with Crippen LogP contribution in [0.5, 0.6) is 0 Å². The molecule has 0 fully saturated rings. The van der Waals surface area contributed by atoms with Crippen molar-refractivity contribution >= 4 is 12.2 Å². The molecular formula is C10H12N4OS. The Labute approximate surface area is 97.4 Å². The highest BCUT2D eigenvalue weighted by molar-refractivity contribution is 7.71. The molecule has 2 aromatic heterocycles. The van der Waals surface area contributed by atoms with Crippen LogP contribution in [-0.4, -0.2) is 19.3 Å². The van der Waals surface area contributed by atoms with Crippen molar-refractivity contribution in [3.8, 4) is 0 Å². The Bertz CT molecular complexity index is 595. The zero-order chi connectivity index (χ0) is 11.5. The van der Waals surface area contributed by atoms with Crippen molar-refractivity contribution in [3.05, 3.63) is 45.3 Å². The fraction of sp³-hybridized carbons (Fsp3) is 0.300. The van der Waals surface area contributed by atoms with Crippen LogP contribution in [0.1, 0.15) is 5.69 Å². The highest BCUT2D eigenvalue weighted by Crippen LogP contribution is 2.00. The Morgan fingerprint density at radius 3 is 2.94 bits per heavy atom. The maximum Gasteiger partial charge on any atom is 0.251 e. The lowest BCUT2D eigenvalue weighted by Crippen LogP contribution is -2.13. The number of aromatic nitrogens is 4. The molecule has 5 nitrogen and oxygen atoms in total. The van der Waals surface area contributed by atoms with Gasteiger partial charge in [0.1, 0.15) is 0 Å². The molecule has 0 aliphatic heterocycles. The third-order valence-electron chi connectivity index (χ3n) is 2.43. The molecule has 0 bridgehead atoms. The van der Waals surface area contributed by atoms with Gasteiger partial charge in [-0.3, -0.25) is 14.5 Å². The van der Waals surface area contributed by atoms with E-state index in [1.807, 2.05) is 22.4 Å². The molecule has 0 radical (unpaired) electrons. The summed E-state index contributed by atoms with van der Waals surface area (Å²) in [6.45, 7) is 0.731. The number of aryl methyl sites for hydroxylation is 3. The summed E-state index contributed by atoms with van der Waals surface area (Å²) in [6, 6.07) is 3.44. The number of rotatable bonds is 3. The smallest absolute Gasteiger partial charge is 0.251 e. The molecule has 0 atom stereocenters. The number of H-pyrrole nitrogens is 1. The highest BCUT2D eigenvalue weighted by Gasteiger charge is 1.99. The van der Waals surface area contributed by atoms with Gasteiger partial charge < -0.3 is 4.57 Å². The van der Waals surface area contributed by atoms with Crippen LogP contribution >= 0.6 is 12.2 Å². The lowest BCUT2D eigenvalue weighted by molar-refractivity contribution is 0.619. The number of nitrogens with zero attached hydrogens (tertiary/aromatic N) is 3. The summed E-state index contributed by atoms with van der Waals surface area (Å²) in [5.41, 5.74) is 0.967. The monoisotopic (exact) mass is 236 g/mol. The molecule has 0 aromatic carbocycles. The summed E-state index contributed by atoms with van der Waals surface area (Å²) in [5.74, 6) is 0. The molecule has 2 heterocycles. The molecule has 0 aliphatic rings. The first-order chi connectivity index (χ1) is 7.66. The second-order valence-corrected chi connectivity index (χ2v) is 3.89. The molecule has 84 valence electrons. The van der Waals surface area contributed by atoms with Crippen molar-refractivity contribution < 1.29 is 0 Å². The van der Waals surface area contributed by atoms with Gasteiger partial charge >= 0.3 is 0 Å². The van der Waals surface area contributed by atoms with Gasteiger partial charge in [0.15, 0.2) is 4.77 Å². The molecule has 2 aromatic rings. The van der Waals surface area contributed by atoms with E-state index in [0.29, 0.717) is 4.77 Å². The molecule has 0 unspecified atom stereocenters. The van der Waals surface area contributed by atoms with Crippen molar-refractivity contribution in [2.24, 2.45) is 7.05 Å². The van der Waals surface area contributed by atoms with Gasteiger partial charge in [-0.15, -0.1) is 0 Å². The fourth-order valence-electron chi connectivity index (χ4n) is 1.50. The molecular weight excluding hydrogens is 224 g/mol. The van der Waals surface area contributed by atoms with E-state index in [1.165, 1.54) is 6.07 Å². The van der Waals surface area contributed by atoms with Gasteiger partial charge in [0.25, 0.3) is 5.56 Å². The van der Waals surface area contributed by atoms with Gasteiger partial charge in [0.2, 0.25) is 0 Å². The summed E-state index contributed by atoms with van der Waals surface area (Å²) >= 11 is 5.05. The maximum atomic E-state index is 11.0. The molecule has 0 spiro atoms. The number of nitrogens with one attached hydrogen (secondary N) is 1. The second-order valence-electron chi connectivity index (χ2n) is 3.50. The molecule has 2 rings (SSSR count). The zero-order valence-electron chi connectivity index (χ0n) is 8.88. The zero-order valence-corrected chi connectivity index (χ0v) is 9.70. The SMILES string of the molecule is Cn1nccc1CCn1ccc(=O)[nH]c1=S. The van der Waals surface area contributed by atoms with E-state index in [2.05, 4.69) is 10.1 Å². The predicted molar refractivity (Wildman–Crippen MR) is 62.8 cm³/mol.